The van der Waals surface area contributed by atoms with E-state index in [-0.39, 0.29) is 16.4 Å². The number of fused-ring (bicyclic) bond motifs is 1. The molecule has 0 atom stereocenters. The molecule has 1 N–H and O–H groups in total. The minimum Gasteiger partial charge on any atom is -0.319 e. The van der Waals surface area contributed by atoms with Crippen LogP contribution in [0.15, 0.2) is 52.7 Å². The molecule has 0 unspecified atom stereocenters. The smallest absolute Gasteiger partial charge is 0.276 e. The van der Waals surface area contributed by atoms with Crippen molar-refractivity contribution in [3.8, 4) is 0 Å². The van der Waals surface area contributed by atoms with Crippen LogP contribution < -0.4 is 10.9 Å². The summed E-state index contributed by atoms with van der Waals surface area (Å²) >= 11 is 0. The third kappa shape index (κ3) is 2.81. The highest BCUT2D eigenvalue weighted by Gasteiger charge is 2.22. The van der Waals surface area contributed by atoms with E-state index < -0.39 is 15.7 Å². The lowest BCUT2D eigenvalue weighted by molar-refractivity contribution is 0.102. The molecule has 3 rings (SSSR count). The summed E-state index contributed by atoms with van der Waals surface area (Å²) in [5.74, 6) is -0.563. The number of anilines is 1. The molecule has 0 aliphatic carbocycles. The van der Waals surface area contributed by atoms with Crippen LogP contribution in [0.3, 0.4) is 0 Å². The first-order valence-electron chi connectivity index (χ1n) is 6.92. The van der Waals surface area contributed by atoms with Gasteiger partial charge in [-0.1, -0.05) is 6.07 Å². The van der Waals surface area contributed by atoms with Gasteiger partial charge in [0, 0.05) is 31.8 Å². The van der Waals surface area contributed by atoms with E-state index >= 15 is 0 Å². The van der Waals surface area contributed by atoms with Crippen molar-refractivity contribution in [2.75, 3.05) is 11.6 Å². The molecule has 0 spiro atoms. The molecule has 0 aliphatic heterocycles. The summed E-state index contributed by atoms with van der Waals surface area (Å²) in [7, 11) is -2.04. The molecule has 0 aromatic carbocycles. The second-order valence-corrected chi connectivity index (χ2v) is 7.20. The van der Waals surface area contributed by atoms with E-state index in [9.17, 15) is 18.0 Å². The predicted octanol–water partition coefficient (Wildman–Crippen LogP) is 0.689. The third-order valence-electron chi connectivity index (χ3n) is 3.41. The van der Waals surface area contributed by atoms with E-state index in [1.54, 1.807) is 25.2 Å². The largest absolute Gasteiger partial charge is 0.319 e. The molecule has 8 nitrogen and oxygen atoms in total. The van der Waals surface area contributed by atoms with Crippen molar-refractivity contribution in [1.82, 2.24) is 14.0 Å². The number of hydrogen-bond donors (Lipinski definition) is 1. The van der Waals surface area contributed by atoms with Gasteiger partial charge in [0.1, 0.15) is 0 Å². The molecule has 0 saturated carbocycles. The zero-order valence-electron chi connectivity index (χ0n) is 12.9. The summed E-state index contributed by atoms with van der Waals surface area (Å²) in [6.07, 6.45) is 4.03. The second-order valence-electron chi connectivity index (χ2n) is 5.29. The van der Waals surface area contributed by atoms with Gasteiger partial charge in [0.15, 0.2) is 5.69 Å². The topological polar surface area (TPSA) is 103 Å². The normalized spacial score (nSPS) is 11.6. The Morgan fingerprint density at radius 3 is 2.62 bits per heavy atom. The molecule has 9 heteroatoms. The quantitative estimate of drug-likeness (QED) is 0.752. The average Bonchev–Trinajstić information content (AvgIpc) is 2.91. The van der Waals surface area contributed by atoms with Gasteiger partial charge in [0.2, 0.25) is 20.6 Å². The minimum absolute atomic E-state index is 0.00937. The van der Waals surface area contributed by atoms with E-state index in [1.165, 1.54) is 33.5 Å². The van der Waals surface area contributed by atoms with Gasteiger partial charge in [0.25, 0.3) is 5.91 Å². The fourth-order valence-corrected chi connectivity index (χ4v) is 3.07. The number of nitrogens with zero attached hydrogens (tertiary/aromatic N) is 3. The van der Waals surface area contributed by atoms with Crippen LogP contribution >= 0.6 is 0 Å². The number of amides is 1. The van der Waals surface area contributed by atoms with Crippen LogP contribution in [0.4, 0.5) is 5.69 Å². The molecule has 0 bridgehead atoms. The lowest BCUT2D eigenvalue weighted by atomic mass is 10.3. The SMILES string of the molecule is Cn1cc(NC(=O)c2nc(S(C)(=O)=O)n3ccccc23)ccc1=O. The summed E-state index contributed by atoms with van der Waals surface area (Å²) in [6.45, 7) is 0. The van der Waals surface area contributed by atoms with E-state index in [1.807, 2.05) is 0 Å². The lowest BCUT2D eigenvalue weighted by Gasteiger charge is -2.05. The Balaban J connectivity index is 2.07. The van der Waals surface area contributed by atoms with E-state index in [0.29, 0.717) is 11.2 Å². The van der Waals surface area contributed by atoms with Gasteiger partial charge in [-0.3, -0.25) is 14.0 Å². The van der Waals surface area contributed by atoms with Gasteiger partial charge in [-0.2, -0.15) is 0 Å². The summed E-state index contributed by atoms with van der Waals surface area (Å²) in [5, 5.41) is 2.41. The molecule has 124 valence electrons. The fourth-order valence-electron chi connectivity index (χ4n) is 2.30. The number of aryl methyl sites for hydroxylation is 1. The van der Waals surface area contributed by atoms with Crippen molar-refractivity contribution in [3.63, 3.8) is 0 Å². The standard InChI is InChI=1S/C15H14N4O4S/c1-18-9-10(6-7-12(18)20)16-14(21)13-11-5-3-4-8-19(11)15(17-13)24(2,22)23/h3-9H,1-2H3,(H,16,21). The molecule has 3 aromatic heterocycles. The molecule has 3 heterocycles. The predicted molar refractivity (Wildman–Crippen MR) is 87.9 cm³/mol. The fraction of sp³-hybridized carbons (Fsp3) is 0.133. The molecule has 0 radical (unpaired) electrons. The zero-order chi connectivity index (χ0) is 17.5. The van der Waals surface area contributed by atoms with Crippen molar-refractivity contribution in [2.45, 2.75) is 5.16 Å². The number of sulfone groups is 1. The van der Waals surface area contributed by atoms with Gasteiger partial charge in [-0.25, -0.2) is 13.4 Å². The first-order valence-corrected chi connectivity index (χ1v) is 8.82. The van der Waals surface area contributed by atoms with Gasteiger partial charge < -0.3 is 9.88 Å². The van der Waals surface area contributed by atoms with Gasteiger partial charge >= 0.3 is 0 Å². The van der Waals surface area contributed by atoms with Crippen LogP contribution in [0.25, 0.3) is 5.52 Å². The Morgan fingerprint density at radius 1 is 1.21 bits per heavy atom. The number of hydrogen-bond acceptors (Lipinski definition) is 5. The van der Waals surface area contributed by atoms with E-state index in [4.69, 9.17) is 0 Å². The monoisotopic (exact) mass is 346 g/mol. The first kappa shape index (κ1) is 15.9. The summed E-state index contributed by atoms with van der Waals surface area (Å²) in [4.78, 5) is 27.9. The number of pyridine rings is 2. The Bertz CT molecular complexity index is 1110. The summed E-state index contributed by atoms with van der Waals surface area (Å²) in [6, 6.07) is 7.74. The van der Waals surface area contributed by atoms with E-state index in [2.05, 4.69) is 10.3 Å². The number of carbonyl (C=O) groups is 1. The van der Waals surface area contributed by atoms with Gasteiger partial charge in [-0.05, 0) is 18.2 Å². The van der Waals surface area contributed by atoms with Crippen molar-refractivity contribution in [2.24, 2.45) is 7.05 Å². The van der Waals surface area contributed by atoms with Crippen LogP contribution in [-0.4, -0.2) is 34.5 Å². The van der Waals surface area contributed by atoms with Crippen molar-refractivity contribution < 1.29 is 13.2 Å². The number of nitrogens with one attached hydrogen (secondary N) is 1. The molecule has 0 saturated heterocycles. The molecule has 1 amide bonds. The number of rotatable bonds is 3. The maximum absolute atomic E-state index is 12.5. The molecule has 3 aromatic rings. The minimum atomic E-state index is -3.60. The summed E-state index contributed by atoms with van der Waals surface area (Å²) < 4.78 is 26.4. The molecule has 0 aliphatic rings. The van der Waals surface area contributed by atoms with Gasteiger partial charge in [0.05, 0.1) is 11.2 Å². The van der Waals surface area contributed by atoms with Crippen LogP contribution in [0.2, 0.25) is 0 Å². The average molecular weight is 346 g/mol. The Kier molecular flexibility index (Phi) is 3.72. The molecular weight excluding hydrogens is 332 g/mol. The third-order valence-corrected chi connectivity index (χ3v) is 4.36. The summed E-state index contributed by atoms with van der Waals surface area (Å²) in [5.41, 5.74) is 0.560. The maximum Gasteiger partial charge on any atom is 0.276 e. The maximum atomic E-state index is 12.5. The number of imidazole rings is 1. The Hall–Kier alpha value is -2.94. The molecule has 0 fully saturated rings. The van der Waals surface area contributed by atoms with Gasteiger partial charge in [-0.15, -0.1) is 0 Å². The van der Waals surface area contributed by atoms with E-state index in [0.717, 1.165) is 6.26 Å². The Labute approximate surface area is 137 Å². The zero-order valence-corrected chi connectivity index (χ0v) is 13.7. The molecular formula is C15H14N4O4S. The number of carbonyl (C=O) groups excluding carboxylic acids is 1. The molecule has 24 heavy (non-hydrogen) atoms. The van der Waals surface area contributed by atoms with Crippen LogP contribution in [-0.2, 0) is 16.9 Å². The van der Waals surface area contributed by atoms with Crippen LogP contribution in [0.5, 0.6) is 0 Å². The van der Waals surface area contributed by atoms with Crippen molar-refractivity contribution in [1.29, 1.82) is 0 Å². The highest BCUT2D eigenvalue weighted by molar-refractivity contribution is 7.90. The second kappa shape index (κ2) is 5.60. The van der Waals surface area contributed by atoms with Crippen molar-refractivity contribution >= 4 is 26.9 Å². The first-order chi connectivity index (χ1) is 11.3. The lowest BCUT2D eigenvalue weighted by Crippen LogP contribution is -2.18. The van der Waals surface area contributed by atoms with Crippen LogP contribution in [0, 0.1) is 0 Å². The van der Waals surface area contributed by atoms with Crippen molar-refractivity contribution in [3.05, 3.63) is 58.8 Å². The van der Waals surface area contributed by atoms with Crippen LogP contribution in [0.1, 0.15) is 10.5 Å². The Morgan fingerprint density at radius 2 is 1.96 bits per heavy atom. The highest BCUT2D eigenvalue weighted by Crippen LogP contribution is 2.18. The number of aromatic nitrogens is 3. The highest BCUT2D eigenvalue weighted by atomic mass is 32.2.